The lowest BCUT2D eigenvalue weighted by Crippen LogP contribution is -2.32. The number of rotatable bonds is 9. The Hall–Kier alpha value is -3.56. The Morgan fingerprint density at radius 1 is 0.950 bits per heavy atom. The lowest BCUT2D eigenvalue weighted by molar-refractivity contribution is 0.102. The van der Waals surface area contributed by atoms with Crippen molar-refractivity contribution in [3.05, 3.63) is 82.4 Å². The van der Waals surface area contributed by atoms with Crippen molar-refractivity contribution in [2.45, 2.75) is 45.6 Å². The standard InChI is InChI=1S/C31H39N3O5S/c1-31(2,3)24-9-12-26(27(19-24)33-40(6,36)37)30(35)32-25-10-7-21(8-11-25)13-15-34-16-14-22-17-28(38-4)29(39-5)18-23(22)20-34/h7-12,17-19,33H,13-16,20H2,1-6H3,(H,32,35). The van der Waals surface area contributed by atoms with Crippen LogP contribution in [0.15, 0.2) is 54.6 Å². The van der Waals surface area contributed by atoms with Crippen molar-refractivity contribution in [2.75, 3.05) is 43.6 Å². The topological polar surface area (TPSA) is 97.0 Å². The van der Waals surface area contributed by atoms with Gasteiger partial charge in [0.2, 0.25) is 10.0 Å². The molecule has 1 aliphatic heterocycles. The van der Waals surface area contributed by atoms with Crippen molar-refractivity contribution in [3.8, 4) is 11.5 Å². The Labute approximate surface area is 237 Å². The van der Waals surface area contributed by atoms with Crippen LogP contribution in [0.4, 0.5) is 11.4 Å². The normalized spacial score (nSPS) is 13.8. The van der Waals surface area contributed by atoms with Crippen LogP contribution in [0.2, 0.25) is 0 Å². The van der Waals surface area contributed by atoms with E-state index in [1.165, 1.54) is 16.7 Å². The third kappa shape index (κ3) is 7.34. The number of nitrogens with one attached hydrogen (secondary N) is 2. The lowest BCUT2D eigenvalue weighted by Gasteiger charge is -2.29. The number of fused-ring (bicyclic) bond motifs is 1. The maximum atomic E-state index is 13.1. The highest BCUT2D eigenvalue weighted by molar-refractivity contribution is 7.92. The Morgan fingerprint density at radius 3 is 2.20 bits per heavy atom. The highest BCUT2D eigenvalue weighted by Gasteiger charge is 2.21. The summed E-state index contributed by atoms with van der Waals surface area (Å²) < 4.78 is 37.4. The number of benzene rings is 3. The zero-order valence-electron chi connectivity index (χ0n) is 24.1. The second kappa shape index (κ2) is 11.9. The van der Waals surface area contributed by atoms with Crippen molar-refractivity contribution in [1.82, 2.24) is 4.90 Å². The van der Waals surface area contributed by atoms with Crippen molar-refractivity contribution >= 4 is 27.3 Å². The first-order valence-corrected chi connectivity index (χ1v) is 15.2. The lowest BCUT2D eigenvalue weighted by atomic mass is 9.86. The van der Waals surface area contributed by atoms with Crippen LogP contribution in [-0.2, 0) is 34.8 Å². The minimum atomic E-state index is -3.56. The maximum absolute atomic E-state index is 13.1. The molecule has 9 heteroatoms. The Kier molecular flexibility index (Phi) is 8.75. The third-order valence-electron chi connectivity index (χ3n) is 7.15. The van der Waals surface area contributed by atoms with Crippen LogP contribution in [0.25, 0.3) is 0 Å². The molecule has 8 nitrogen and oxygen atoms in total. The van der Waals surface area contributed by atoms with Gasteiger partial charge in [-0.05, 0) is 76.9 Å². The molecule has 0 unspecified atom stereocenters. The third-order valence-corrected chi connectivity index (χ3v) is 7.74. The number of nitrogens with zero attached hydrogens (tertiary/aromatic N) is 1. The second-order valence-corrected chi connectivity index (χ2v) is 13.0. The molecule has 1 aliphatic rings. The van der Waals surface area contributed by atoms with Gasteiger partial charge in [0.1, 0.15) is 0 Å². The molecular formula is C31H39N3O5S. The fourth-order valence-corrected chi connectivity index (χ4v) is 5.43. The number of methoxy groups -OCH3 is 2. The quantitative estimate of drug-likeness (QED) is 0.369. The van der Waals surface area contributed by atoms with E-state index in [2.05, 4.69) is 27.1 Å². The van der Waals surface area contributed by atoms with E-state index in [0.717, 1.165) is 55.8 Å². The molecule has 214 valence electrons. The van der Waals surface area contributed by atoms with Gasteiger partial charge in [-0.2, -0.15) is 0 Å². The van der Waals surface area contributed by atoms with Gasteiger partial charge in [0.05, 0.1) is 31.7 Å². The number of sulfonamides is 1. The number of carbonyl (C=O) groups excluding carboxylic acids is 1. The minimum Gasteiger partial charge on any atom is -0.493 e. The molecule has 0 saturated carbocycles. The molecule has 0 saturated heterocycles. The summed E-state index contributed by atoms with van der Waals surface area (Å²) in [5.74, 6) is 1.15. The van der Waals surface area contributed by atoms with Gasteiger partial charge in [0.25, 0.3) is 5.91 Å². The zero-order valence-corrected chi connectivity index (χ0v) is 24.9. The van der Waals surface area contributed by atoms with Gasteiger partial charge >= 0.3 is 0 Å². The summed E-state index contributed by atoms with van der Waals surface area (Å²) in [7, 11) is -0.240. The molecule has 0 radical (unpaired) electrons. The summed E-state index contributed by atoms with van der Waals surface area (Å²) in [5.41, 5.74) is 5.65. The van der Waals surface area contributed by atoms with Gasteiger partial charge in [-0.15, -0.1) is 0 Å². The second-order valence-electron chi connectivity index (χ2n) is 11.3. The average Bonchev–Trinajstić information content (AvgIpc) is 2.90. The van der Waals surface area contributed by atoms with Gasteiger partial charge in [-0.3, -0.25) is 14.4 Å². The van der Waals surface area contributed by atoms with Crippen molar-refractivity contribution in [3.63, 3.8) is 0 Å². The predicted octanol–water partition coefficient (Wildman–Crippen LogP) is 5.23. The molecule has 0 spiro atoms. The van der Waals surface area contributed by atoms with Crippen LogP contribution in [0.5, 0.6) is 11.5 Å². The zero-order chi connectivity index (χ0) is 29.1. The molecule has 4 rings (SSSR count). The van der Waals surface area contributed by atoms with Crippen LogP contribution >= 0.6 is 0 Å². The van der Waals surface area contributed by atoms with E-state index >= 15 is 0 Å². The molecule has 1 amide bonds. The first-order chi connectivity index (χ1) is 18.9. The van der Waals surface area contributed by atoms with Crippen molar-refractivity contribution < 1.29 is 22.7 Å². The van der Waals surface area contributed by atoms with Crippen molar-refractivity contribution in [2.24, 2.45) is 0 Å². The minimum absolute atomic E-state index is 0.198. The number of amides is 1. The monoisotopic (exact) mass is 565 g/mol. The molecule has 0 aliphatic carbocycles. The Bertz CT molecular complexity index is 1480. The van der Waals surface area contributed by atoms with E-state index in [9.17, 15) is 13.2 Å². The smallest absolute Gasteiger partial charge is 0.257 e. The molecule has 3 aromatic rings. The molecule has 1 heterocycles. The number of anilines is 2. The molecule has 0 aromatic heterocycles. The number of ether oxygens (including phenoxy) is 2. The van der Waals surface area contributed by atoms with E-state index in [1.54, 1.807) is 26.4 Å². The first kappa shape index (κ1) is 29.4. The summed E-state index contributed by atoms with van der Waals surface area (Å²) in [6.07, 6.45) is 2.93. The molecule has 0 bridgehead atoms. The van der Waals surface area contributed by atoms with E-state index < -0.39 is 10.0 Å². The fourth-order valence-electron chi connectivity index (χ4n) is 4.87. The molecule has 3 aromatic carbocycles. The van der Waals surface area contributed by atoms with Crippen LogP contribution in [0.3, 0.4) is 0 Å². The largest absolute Gasteiger partial charge is 0.493 e. The highest BCUT2D eigenvalue weighted by atomic mass is 32.2. The van der Waals surface area contributed by atoms with E-state index in [-0.39, 0.29) is 22.6 Å². The summed E-state index contributed by atoms with van der Waals surface area (Å²) in [4.78, 5) is 15.5. The van der Waals surface area contributed by atoms with Gasteiger partial charge in [-0.1, -0.05) is 39.0 Å². The molecular weight excluding hydrogens is 526 g/mol. The summed E-state index contributed by atoms with van der Waals surface area (Å²) in [5, 5.41) is 2.90. The van der Waals surface area contributed by atoms with Crippen LogP contribution in [0, 0.1) is 0 Å². The van der Waals surface area contributed by atoms with E-state index in [1.807, 2.05) is 51.1 Å². The Morgan fingerprint density at radius 2 is 1.60 bits per heavy atom. The molecule has 40 heavy (non-hydrogen) atoms. The molecule has 2 N–H and O–H groups in total. The van der Waals surface area contributed by atoms with Crippen LogP contribution in [0.1, 0.15) is 53.4 Å². The van der Waals surface area contributed by atoms with Crippen LogP contribution < -0.4 is 19.5 Å². The van der Waals surface area contributed by atoms with Crippen molar-refractivity contribution in [1.29, 1.82) is 0 Å². The summed E-state index contributed by atoms with van der Waals surface area (Å²) in [6, 6.07) is 17.2. The van der Waals surface area contributed by atoms with Crippen LogP contribution in [-0.4, -0.2) is 52.8 Å². The maximum Gasteiger partial charge on any atom is 0.257 e. The number of hydrogen-bond acceptors (Lipinski definition) is 6. The number of hydrogen-bond donors (Lipinski definition) is 2. The Balaban J connectivity index is 1.39. The average molecular weight is 566 g/mol. The summed E-state index contributed by atoms with van der Waals surface area (Å²) in [6.45, 7) is 8.86. The van der Waals surface area contributed by atoms with Gasteiger partial charge < -0.3 is 14.8 Å². The van der Waals surface area contributed by atoms with E-state index in [4.69, 9.17) is 9.47 Å². The summed E-state index contributed by atoms with van der Waals surface area (Å²) >= 11 is 0. The van der Waals surface area contributed by atoms with Gasteiger partial charge in [0, 0.05) is 25.3 Å². The fraction of sp³-hybridized carbons (Fsp3) is 0.387. The van der Waals surface area contributed by atoms with E-state index in [0.29, 0.717) is 5.69 Å². The molecule has 0 atom stereocenters. The molecule has 0 fully saturated rings. The first-order valence-electron chi connectivity index (χ1n) is 13.3. The number of carbonyl (C=O) groups is 1. The SMILES string of the molecule is COc1cc2c(cc1OC)CN(CCc1ccc(NC(=O)c3ccc(C(C)(C)C)cc3NS(C)(=O)=O)cc1)CC2. The van der Waals surface area contributed by atoms with Gasteiger partial charge in [0.15, 0.2) is 11.5 Å². The van der Waals surface area contributed by atoms with Gasteiger partial charge in [-0.25, -0.2) is 8.42 Å². The highest BCUT2D eigenvalue weighted by Crippen LogP contribution is 2.33. The predicted molar refractivity (Wildman–Crippen MR) is 160 cm³/mol.